The van der Waals surface area contributed by atoms with E-state index in [9.17, 15) is 14.4 Å². The van der Waals surface area contributed by atoms with Crippen LogP contribution in [0.1, 0.15) is 87.2 Å². The summed E-state index contributed by atoms with van der Waals surface area (Å²) in [5.41, 5.74) is 8.14. The van der Waals surface area contributed by atoms with Crippen LogP contribution in [-0.2, 0) is 56.0 Å². The fourth-order valence-corrected chi connectivity index (χ4v) is 8.61. The SMILES string of the molecule is COC(=O)C1CCC(CCN2CCc3c(nc(C(=O)Nc4cccc(-c5cccc(CC(=O)c6nc7c(n6C)CCNC7)c5C)c4Cl)n3C)C2)CC1. The maximum absolute atomic E-state index is 13.7. The number of methoxy groups -OCH3 is 1. The minimum atomic E-state index is -0.311. The smallest absolute Gasteiger partial charge is 0.308 e. The van der Waals surface area contributed by atoms with Gasteiger partial charge in [0.15, 0.2) is 11.6 Å². The molecule has 12 heteroatoms. The van der Waals surface area contributed by atoms with Crippen LogP contribution < -0.4 is 10.6 Å². The molecule has 2 aromatic heterocycles. The van der Waals surface area contributed by atoms with E-state index in [1.165, 1.54) is 7.11 Å². The first-order valence-corrected chi connectivity index (χ1v) is 18.8. The Bertz CT molecular complexity index is 2010. The largest absolute Gasteiger partial charge is 0.469 e. The Morgan fingerprint density at radius 1 is 0.942 bits per heavy atom. The summed E-state index contributed by atoms with van der Waals surface area (Å²) in [7, 11) is 5.30. The number of esters is 1. The van der Waals surface area contributed by atoms with Crippen molar-refractivity contribution in [3.05, 3.63) is 87.0 Å². The fourth-order valence-electron chi connectivity index (χ4n) is 8.33. The van der Waals surface area contributed by atoms with E-state index >= 15 is 0 Å². The Balaban J connectivity index is 1.01. The number of Topliss-reactive ketones (excluding diaryl/α,β-unsaturated/α-hetero) is 1. The van der Waals surface area contributed by atoms with E-state index < -0.39 is 0 Å². The summed E-state index contributed by atoms with van der Waals surface area (Å²) >= 11 is 7.01. The molecular weight excluding hydrogens is 678 g/mol. The predicted molar refractivity (Wildman–Crippen MR) is 201 cm³/mol. The van der Waals surface area contributed by atoms with Crippen LogP contribution in [0.5, 0.6) is 0 Å². The van der Waals surface area contributed by atoms with Crippen molar-refractivity contribution in [1.82, 2.24) is 29.3 Å². The summed E-state index contributed by atoms with van der Waals surface area (Å²) in [5, 5.41) is 6.78. The van der Waals surface area contributed by atoms with Gasteiger partial charge in [-0.05, 0) is 74.2 Å². The molecule has 52 heavy (non-hydrogen) atoms. The van der Waals surface area contributed by atoms with Gasteiger partial charge in [0.05, 0.1) is 35.1 Å². The highest BCUT2D eigenvalue weighted by molar-refractivity contribution is 6.36. The number of hydrogen-bond acceptors (Lipinski definition) is 8. The average molecular weight is 726 g/mol. The molecule has 7 rings (SSSR count). The van der Waals surface area contributed by atoms with Crippen molar-refractivity contribution < 1.29 is 19.1 Å². The Kier molecular flexibility index (Phi) is 10.6. The van der Waals surface area contributed by atoms with Crippen molar-refractivity contribution in [3.8, 4) is 11.1 Å². The van der Waals surface area contributed by atoms with Gasteiger partial charge in [-0.2, -0.15) is 0 Å². The zero-order valence-corrected chi connectivity index (χ0v) is 31.3. The summed E-state index contributed by atoms with van der Waals surface area (Å²) in [5.74, 6) is 1.11. The van der Waals surface area contributed by atoms with Gasteiger partial charge in [-0.15, -0.1) is 0 Å². The first-order chi connectivity index (χ1) is 25.1. The molecule has 4 heterocycles. The van der Waals surface area contributed by atoms with E-state index in [1.807, 2.05) is 60.5 Å². The van der Waals surface area contributed by atoms with Gasteiger partial charge in [0, 0.05) is 76.5 Å². The van der Waals surface area contributed by atoms with E-state index in [2.05, 4.69) is 20.5 Å². The number of hydrogen-bond donors (Lipinski definition) is 2. The van der Waals surface area contributed by atoms with Crippen LogP contribution in [0.3, 0.4) is 0 Å². The molecule has 0 bridgehead atoms. The summed E-state index contributed by atoms with van der Waals surface area (Å²) in [6, 6.07) is 11.5. The number of benzene rings is 2. The molecule has 2 aromatic carbocycles. The number of halogens is 1. The number of nitrogens with zero attached hydrogens (tertiary/aromatic N) is 5. The Morgan fingerprint density at radius 3 is 2.42 bits per heavy atom. The van der Waals surface area contributed by atoms with E-state index in [0.29, 0.717) is 41.4 Å². The van der Waals surface area contributed by atoms with Crippen LogP contribution in [0.15, 0.2) is 36.4 Å². The van der Waals surface area contributed by atoms with Gasteiger partial charge in [-0.25, -0.2) is 9.97 Å². The molecule has 0 atom stereocenters. The van der Waals surface area contributed by atoms with Gasteiger partial charge in [-0.3, -0.25) is 19.3 Å². The Labute approximate surface area is 310 Å². The lowest BCUT2D eigenvalue weighted by atomic mass is 9.80. The van der Waals surface area contributed by atoms with Gasteiger partial charge >= 0.3 is 5.97 Å². The zero-order chi connectivity index (χ0) is 36.5. The number of anilines is 1. The summed E-state index contributed by atoms with van der Waals surface area (Å²) in [4.78, 5) is 51.0. The van der Waals surface area contributed by atoms with Crippen LogP contribution in [0, 0.1) is 18.8 Å². The highest BCUT2D eigenvalue weighted by Gasteiger charge is 2.30. The molecule has 0 spiro atoms. The third kappa shape index (κ3) is 7.18. The highest BCUT2D eigenvalue weighted by Crippen LogP contribution is 2.37. The van der Waals surface area contributed by atoms with Crippen molar-refractivity contribution in [1.29, 1.82) is 0 Å². The van der Waals surface area contributed by atoms with Gasteiger partial charge in [0.2, 0.25) is 5.78 Å². The fraction of sp³-hybridized carbons (Fsp3) is 0.475. The van der Waals surface area contributed by atoms with Crippen LogP contribution in [0.4, 0.5) is 5.69 Å². The maximum atomic E-state index is 13.7. The van der Waals surface area contributed by atoms with Gasteiger partial charge in [-0.1, -0.05) is 41.9 Å². The second kappa shape index (κ2) is 15.3. The monoisotopic (exact) mass is 725 g/mol. The standard InChI is InChI=1S/C40H48ClN7O4/c1-24-27(21-35(49)37-43-31-22-42-18-15-33(31)46(37)2)7-5-8-28(24)29-9-6-10-30(36(29)41)45-39(50)38-44-32-23-48(20-17-34(32)47(38)3)19-16-25-11-13-26(14-12-25)40(51)52-4/h5-10,25-26,42H,11-23H2,1-4H3,(H,45,50). The lowest BCUT2D eigenvalue weighted by Gasteiger charge is -2.31. The van der Waals surface area contributed by atoms with E-state index in [-0.39, 0.29) is 30.0 Å². The van der Waals surface area contributed by atoms with E-state index in [0.717, 1.165) is 110 Å². The van der Waals surface area contributed by atoms with Crippen molar-refractivity contribution in [3.63, 3.8) is 0 Å². The summed E-state index contributed by atoms with van der Waals surface area (Å²) in [6.07, 6.45) is 6.95. The van der Waals surface area contributed by atoms with Crippen molar-refractivity contribution in [2.45, 2.75) is 71.4 Å². The zero-order valence-electron chi connectivity index (χ0n) is 30.6. The lowest BCUT2D eigenvalue weighted by molar-refractivity contribution is -0.146. The number of aromatic nitrogens is 4. The number of carbonyl (C=O) groups is 3. The molecule has 1 amide bonds. The van der Waals surface area contributed by atoms with Crippen molar-refractivity contribution in [2.75, 3.05) is 32.1 Å². The maximum Gasteiger partial charge on any atom is 0.308 e. The first-order valence-electron chi connectivity index (χ1n) is 18.4. The molecule has 274 valence electrons. The number of rotatable bonds is 10. The van der Waals surface area contributed by atoms with Crippen molar-refractivity contribution in [2.24, 2.45) is 25.9 Å². The quantitative estimate of drug-likeness (QED) is 0.155. The first kappa shape index (κ1) is 36.1. The number of ketones is 1. The number of amides is 1. The molecule has 2 N–H and O–H groups in total. The molecule has 4 aromatic rings. The van der Waals surface area contributed by atoms with Gasteiger partial charge in [0.1, 0.15) is 0 Å². The molecule has 1 fully saturated rings. The summed E-state index contributed by atoms with van der Waals surface area (Å²) < 4.78 is 8.79. The van der Waals surface area contributed by atoms with Gasteiger partial charge in [0.25, 0.3) is 5.91 Å². The van der Waals surface area contributed by atoms with E-state index in [1.54, 1.807) is 6.07 Å². The van der Waals surface area contributed by atoms with Crippen molar-refractivity contribution >= 4 is 34.9 Å². The van der Waals surface area contributed by atoms with Crippen LogP contribution >= 0.6 is 11.6 Å². The number of fused-ring (bicyclic) bond motifs is 2. The minimum absolute atomic E-state index is 0.0236. The Hall–Kier alpha value is -4.32. The third-order valence-corrected chi connectivity index (χ3v) is 11.9. The lowest BCUT2D eigenvalue weighted by Crippen LogP contribution is -2.33. The molecule has 0 saturated heterocycles. The number of nitrogens with one attached hydrogen (secondary N) is 2. The molecule has 2 aliphatic heterocycles. The molecule has 0 unspecified atom stereocenters. The molecule has 1 saturated carbocycles. The van der Waals surface area contributed by atoms with Crippen LogP contribution in [-0.4, -0.2) is 68.4 Å². The normalized spacial score (nSPS) is 18.8. The van der Waals surface area contributed by atoms with Crippen LogP contribution in [0.25, 0.3) is 11.1 Å². The second-order valence-corrected chi connectivity index (χ2v) is 14.9. The third-order valence-electron chi connectivity index (χ3n) is 11.5. The highest BCUT2D eigenvalue weighted by atomic mass is 35.5. The van der Waals surface area contributed by atoms with E-state index in [4.69, 9.17) is 21.3 Å². The Morgan fingerprint density at radius 2 is 1.65 bits per heavy atom. The van der Waals surface area contributed by atoms with Gasteiger partial charge < -0.3 is 24.5 Å². The molecule has 0 radical (unpaired) electrons. The average Bonchev–Trinajstić information content (AvgIpc) is 3.68. The molecule has 3 aliphatic rings. The second-order valence-electron chi connectivity index (χ2n) is 14.6. The number of carbonyl (C=O) groups excluding carboxylic acids is 3. The topological polar surface area (TPSA) is 123 Å². The molecule has 1 aliphatic carbocycles. The number of imidazole rings is 2. The number of ether oxygens (including phenoxy) is 1. The molecular formula is C40H48ClN7O4. The molecule has 11 nitrogen and oxygen atoms in total. The van der Waals surface area contributed by atoms with Crippen LogP contribution in [0.2, 0.25) is 5.02 Å². The summed E-state index contributed by atoms with van der Waals surface area (Å²) in [6.45, 7) is 6.18. The predicted octanol–water partition coefficient (Wildman–Crippen LogP) is 5.83. The minimum Gasteiger partial charge on any atom is -0.469 e.